The van der Waals surface area contributed by atoms with Gasteiger partial charge in [-0.05, 0) is 37.8 Å². The van der Waals surface area contributed by atoms with Gasteiger partial charge in [-0.3, -0.25) is 0 Å². The van der Waals surface area contributed by atoms with Crippen molar-refractivity contribution >= 4 is 28.5 Å². The van der Waals surface area contributed by atoms with Crippen molar-refractivity contribution in [2.75, 3.05) is 11.9 Å². The van der Waals surface area contributed by atoms with Crippen molar-refractivity contribution in [1.29, 1.82) is 0 Å². The molecule has 3 aromatic rings. The van der Waals surface area contributed by atoms with Gasteiger partial charge >= 0.3 is 0 Å². The molecular weight excluding hydrogens is 340 g/mol. The van der Waals surface area contributed by atoms with E-state index < -0.39 is 0 Å². The molecule has 0 spiro atoms. The lowest BCUT2D eigenvalue weighted by Gasteiger charge is -2.12. The van der Waals surface area contributed by atoms with Crippen LogP contribution in [0.25, 0.3) is 22.6 Å². The number of aliphatic hydroxyl groups is 1. The smallest absolute Gasteiger partial charge is 0.234 e. The fraction of sp³-hybridized carbons (Fsp3) is 0.278. The second-order valence-corrected chi connectivity index (χ2v) is 6.47. The highest BCUT2D eigenvalue weighted by atomic mass is 35.5. The Bertz CT molecular complexity index is 934. The first-order chi connectivity index (χ1) is 12.1. The number of allylic oxidation sites excluding steroid dienone is 2. The summed E-state index contributed by atoms with van der Waals surface area (Å²) in [4.78, 5) is 13.2. The minimum atomic E-state index is 0.170. The van der Waals surface area contributed by atoms with Crippen LogP contribution < -0.4 is 5.32 Å². The number of nitrogens with zero attached hydrogens (tertiary/aromatic N) is 3. The number of para-hydroxylation sites is 2. The molecule has 1 atom stereocenters. The van der Waals surface area contributed by atoms with Crippen LogP contribution in [0.3, 0.4) is 0 Å². The molecule has 7 heteroatoms. The van der Waals surface area contributed by atoms with Crippen LogP contribution in [0.5, 0.6) is 0 Å². The highest BCUT2D eigenvalue weighted by molar-refractivity contribution is 6.32. The average Bonchev–Trinajstić information content (AvgIpc) is 3.20. The van der Waals surface area contributed by atoms with Gasteiger partial charge in [0.2, 0.25) is 5.89 Å². The zero-order valence-corrected chi connectivity index (χ0v) is 14.4. The SMILES string of the molecule is Cc1nc(Cl)c(-c2nc3ccccc3o2)c(NC2=CC[C@@H](CO)C2)n1. The Labute approximate surface area is 149 Å². The van der Waals surface area contributed by atoms with E-state index in [2.05, 4.69) is 26.3 Å². The minimum Gasteiger partial charge on any atom is -0.436 e. The summed E-state index contributed by atoms with van der Waals surface area (Å²) in [5.41, 5.74) is 2.98. The quantitative estimate of drug-likeness (QED) is 0.689. The second-order valence-electron chi connectivity index (χ2n) is 6.11. The number of oxazole rings is 1. The largest absolute Gasteiger partial charge is 0.436 e. The van der Waals surface area contributed by atoms with E-state index >= 15 is 0 Å². The molecule has 0 radical (unpaired) electrons. The maximum atomic E-state index is 9.32. The average molecular weight is 357 g/mol. The Morgan fingerprint density at radius 1 is 1.28 bits per heavy atom. The van der Waals surface area contributed by atoms with Crippen LogP contribution in [-0.2, 0) is 0 Å². The number of rotatable bonds is 4. The molecule has 0 saturated carbocycles. The van der Waals surface area contributed by atoms with Crippen LogP contribution in [0.15, 0.2) is 40.5 Å². The van der Waals surface area contributed by atoms with Gasteiger partial charge in [0.15, 0.2) is 5.58 Å². The van der Waals surface area contributed by atoms with Crippen molar-refractivity contribution in [3.05, 3.63) is 47.0 Å². The topological polar surface area (TPSA) is 84.1 Å². The van der Waals surface area contributed by atoms with Gasteiger partial charge in [-0.25, -0.2) is 15.0 Å². The first-order valence-electron chi connectivity index (χ1n) is 8.11. The molecule has 1 aromatic carbocycles. The Hall–Kier alpha value is -2.44. The molecule has 2 aromatic heterocycles. The molecule has 4 rings (SSSR count). The van der Waals surface area contributed by atoms with Gasteiger partial charge in [-0.1, -0.05) is 29.8 Å². The van der Waals surface area contributed by atoms with Crippen LogP contribution in [0.1, 0.15) is 18.7 Å². The standard InChI is InChI=1S/C18H17ClN4O2/c1-10-20-16(19)15(18-23-13-4-2-3-5-14(13)25-18)17(21-10)22-12-7-6-11(8-12)9-24/h2-5,7,11,24H,6,8-9H2,1H3,(H,20,21,22)/t11-/m1/s1. The fourth-order valence-electron chi connectivity index (χ4n) is 2.98. The first kappa shape index (κ1) is 16.1. The Balaban J connectivity index is 1.76. The number of nitrogens with one attached hydrogen (secondary N) is 1. The molecule has 6 nitrogen and oxygen atoms in total. The number of benzene rings is 1. The van der Waals surface area contributed by atoms with E-state index in [9.17, 15) is 5.11 Å². The monoisotopic (exact) mass is 356 g/mol. The molecule has 0 fully saturated rings. The van der Waals surface area contributed by atoms with Gasteiger partial charge in [-0.2, -0.15) is 0 Å². The number of hydrogen-bond donors (Lipinski definition) is 2. The summed E-state index contributed by atoms with van der Waals surface area (Å²) in [6, 6.07) is 7.53. The molecule has 2 heterocycles. The number of aliphatic hydroxyl groups excluding tert-OH is 1. The first-order valence-corrected chi connectivity index (χ1v) is 8.49. The summed E-state index contributed by atoms with van der Waals surface area (Å²) in [6.07, 6.45) is 3.68. The molecule has 0 aliphatic heterocycles. The third-order valence-electron chi connectivity index (χ3n) is 4.23. The van der Waals surface area contributed by atoms with Gasteiger partial charge in [-0.15, -0.1) is 0 Å². The number of aromatic nitrogens is 3. The number of anilines is 1. The fourth-order valence-corrected chi connectivity index (χ4v) is 3.27. The van der Waals surface area contributed by atoms with Crippen LogP contribution >= 0.6 is 11.6 Å². The molecule has 0 saturated heterocycles. The number of hydrogen-bond acceptors (Lipinski definition) is 6. The zero-order chi connectivity index (χ0) is 17.4. The summed E-state index contributed by atoms with van der Waals surface area (Å²) >= 11 is 6.39. The maximum absolute atomic E-state index is 9.32. The maximum Gasteiger partial charge on any atom is 0.234 e. The van der Waals surface area contributed by atoms with Crippen LogP contribution in [-0.4, -0.2) is 26.7 Å². The lowest BCUT2D eigenvalue weighted by molar-refractivity contribution is 0.233. The van der Waals surface area contributed by atoms with Crippen LogP contribution in [0, 0.1) is 12.8 Å². The van der Waals surface area contributed by atoms with Crippen LogP contribution in [0.4, 0.5) is 5.82 Å². The van der Waals surface area contributed by atoms with Crippen molar-refractivity contribution < 1.29 is 9.52 Å². The molecule has 2 N–H and O–H groups in total. The summed E-state index contributed by atoms with van der Waals surface area (Å²) in [5.74, 6) is 1.75. The van der Waals surface area contributed by atoms with Crippen molar-refractivity contribution in [2.24, 2.45) is 5.92 Å². The van der Waals surface area contributed by atoms with E-state index in [-0.39, 0.29) is 12.5 Å². The molecule has 1 aliphatic carbocycles. The predicted molar refractivity (Wildman–Crippen MR) is 96.3 cm³/mol. The third-order valence-corrected chi connectivity index (χ3v) is 4.50. The summed E-state index contributed by atoms with van der Waals surface area (Å²) in [5, 5.41) is 12.9. The second kappa shape index (κ2) is 6.46. The van der Waals surface area contributed by atoms with Crippen molar-refractivity contribution in [3.63, 3.8) is 0 Å². The number of halogens is 1. The lowest BCUT2D eigenvalue weighted by atomic mass is 10.1. The Morgan fingerprint density at radius 2 is 2.12 bits per heavy atom. The van der Waals surface area contributed by atoms with Crippen molar-refractivity contribution in [1.82, 2.24) is 15.0 Å². The predicted octanol–water partition coefficient (Wildman–Crippen LogP) is 3.94. The van der Waals surface area contributed by atoms with Crippen molar-refractivity contribution in [2.45, 2.75) is 19.8 Å². The zero-order valence-electron chi connectivity index (χ0n) is 13.7. The molecule has 25 heavy (non-hydrogen) atoms. The van der Waals surface area contributed by atoms with E-state index in [1.54, 1.807) is 6.92 Å². The normalized spacial score (nSPS) is 17.1. The Kier molecular flexibility index (Phi) is 4.15. The summed E-state index contributed by atoms with van der Waals surface area (Å²) < 4.78 is 5.85. The number of aryl methyl sites for hydroxylation is 1. The summed E-state index contributed by atoms with van der Waals surface area (Å²) in [7, 11) is 0. The van der Waals surface area contributed by atoms with E-state index in [4.69, 9.17) is 16.0 Å². The number of fused-ring (bicyclic) bond motifs is 1. The summed E-state index contributed by atoms with van der Waals surface area (Å²) in [6.45, 7) is 1.95. The van der Waals surface area contributed by atoms with Gasteiger partial charge in [0, 0.05) is 12.3 Å². The molecule has 0 unspecified atom stereocenters. The van der Waals surface area contributed by atoms with E-state index in [1.165, 1.54) is 0 Å². The van der Waals surface area contributed by atoms with Crippen LogP contribution in [0.2, 0.25) is 5.15 Å². The molecule has 0 bridgehead atoms. The molecular formula is C18H17ClN4O2. The van der Waals surface area contributed by atoms with Gasteiger partial charge in [0.25, 0.3) is 0 Å². The molecule has 0 amide bonds. The highest BCUT2D eigenvalue weighted by Crippen LogP contribution is 2.36. The Morgan fingerprint density at radius 3 is 2.88 bits per heavy atom. The van der Waals surface area contributed by atoms with Gasteiger partial charge < -0.3 is 14.8 Å². The van der Waals surface area contributed by atoms with Gasteiger partial charge in [0.05, 0.1) is 0 Å². The molecule has 128 valence electrons. The van der Waals surface area contributed by atoms with E-state index in [0.717, 1.165) is 24.1 Å². The molecule has 1 aliphatic rings. The minimum absolute atomic E-state index is 0.170. The van der Waals surface area contributed by atoms with E-state index in [0.29, 0.717) is 33.8 Å². The van der Waals surface area contributed by atoms with Crippen molar-refractivity contribution in [3.8, 4) is 11.5 Å². The van der Waals surface area contributed by atoms with E-state index in [1.807, 2.05) is 24.3 Å². The van der Waals surface area contributed by atoms with Gasteiger partial charge in [0.1, 0.15) is 27.9 Å². The third kappa shape index (κ3) is 3.10. The highest BCUT2D eigenvalue weighted by Gasteiger charge is 2.22. The lowest BCUT2D eigenvalue weighted by Crippen LogP contribution is -2.07.